The standard InChI is InChI=1S/C13H22N2/c1-3-14-11-15-13-10-8-6-4-5-7-9-12(13)2/h3,11H,4-10H2,1-2H3/b13-12+,14-3-,15-11-. The zero-order chi connectivity index (χ0) is 10.9. The van der Waals surface area contributed by atoms with Crippen molar-refractivity contribution in [2.45, 2.75) is 58.8 Å². The first-order valence-corrected chi connectivity index (χ1v) is 6.03. The van der Waals surface area contributed by atoms with E-state index in [9.17, 15) is 0 Å². The van der Waals surface area contributed by atoms with Crippen LogP contribution >= 0.6 is 0 Å². The Morgan fingerprint density at radius 2 is 1.67 bits per heavy atom. The Labute approximate surface area is 93.2 Å². The van der Waals surface area contributed by atoms with Crippen LogP contribution in [-0.4, -0.2) is 12.6 Å². The Morgan fingerprint density at radius 3 is 2.40 bits per heavy atom. The van der Waals surface area contributed by atoms with Gasteiger partial charge in [-0.1, -0.05) is 24.8 Å². The fraction of sp³-hybridized carbons (Fsp3) is 0.692. The van der Waals surface area contributed by atoms with Gasteiger partial charge in [0.1, 0.15) is 6.34 Å². The molecule has 84 valence electrons. The lowest BCUT2D eigenvalue weighted by atomic mass is 10.1. The van der Waals surface area contributed by atoms with Gasteiger partial charge in [0, 0.05) is 11.9 Å². The van der Waals surface area contributed by atoms with Crippen molar-refractivity contribution in [3.05, 3.63) is 11.3 Å². The van der Waals surface area contributed by atoms with Crippen LogP contribution < -0.4 is 0 Å². The van der Waals surface area contributed by atoms with Gasteiger partial charge in [0.05, 0.1) is 0 Å². The van der Waals surface area contributed by atoms with Crippen LogP contribution in [0.1, 0.15) is 58.8 Å². The van der Waals surface area contributed by atoms with Gasteiger partial charge in [-0.2, -0.15) is 0 Å². The highest BCUT2D eigenvalue weighted by Gasteiger charge is 2.04. The third kappa shape index (κ3) is 4.91. The minimum Gasteiger partial charge on any atom is -0.250 e. The molecule has 0 aromatic rings. The monoisotopic (exact) mass is 206 g/mol. The van der Waals surface area contributed by atoms with E-state index in [1.54, 1.807) is 12.6 Å². The van der Waals surface area contributed by atoms with E-state index >= 15 is 0 Å². The number of hydrogen-bond donors (Lipinski definition) is 0. The highest BCUT2D eigenvalue weighted by molar-refractivity contribution is 5.71. The molecule has 1 aliphatic rings. The third-order valence-corrected chi connectivity index (χ3v) is 2.89. The average Bonchev–Trinajstić information content (AvgIpc) is 2.33. The highest BCUT2D eigenvalue weighted by Crippen LogP contribution is 2.22. The van der Waals surface area contributed by atoms with Crippen LogP contribution in [0, 0.1) is 0 Å². The summed E-state index contributed by atoms with van der Waals surface area (Å²) in [6.07, 6.45) is 12.5. The normalized spacial score (nSPS) is 25.5. The Balaban J connectivity index is 2.64. The minimum absolute atomic E-state index is 1.13. The lowest BCUT2D eigenvalue weighted by Gasteiger charge is -2.04. The molecule has 2 nitrogen and oxygen atoms in total. The fourth-order valence-electron chi connectivity index (χ4n) is 1.92. The molecule has 0 saturated heterocycles. The Morgan fingerprint density at radius 1 is 1.00 bits per heavy atom. The molecule has 0 radical (unpaired) electrons. The second kappa shape index (κ2) is 7.38. The van der Waals surface area contributed by atoms with Crippen molar-refractivity contribution in [2.24, 2.45) is 9.98 Å². The quantitative estimate of drug-likeness (QED) is 0.479. The molecule has 0 fully saturated rings. The van der Waals surface area contributed by atoms with Crippen molar-refractivity contribution in [2.75, 3.05) is 0 Å². The summed E-state index contributed by atoms with van der Waals surface area (Å²) >= 11 is 0. The number of rotatable bonds is 2. The molecule has 0 atom stereocenters. The van der Waals surface area contributed by atoms with Crippen LogP contribution in [-0.2, 0) is 0 Å². The lowest BCUT2D eigenvalue weighted by molar-refractivity contribution is 0.626. The van der Waals surface area contributed by atoms with Crippen LogP contribution in [0.25, 0.3) is 0 Å². The first-order chi connectivity index (χ1) is 7.34. The summed E-state index contributed by atoms with van der Waals surface area (Å²) in [5, 5.41) is 0. The van der Waals surface area contributed by atoms with Crippen molar-refractivity contribution < 1.29 is 0 Å². The van der Waals surface area contributed by atoms with E-state index in [0.717, 1.165) is 6.42 Å². The molecule has 0 spiro atoms. The number of aliphatic imine (C=N–C) groups is 2. The van der Waals surface area contributed by atoms with Crippen molar-refractivity contribution in [3.63, 3.8) is 0 Å². The van der Waals surface area contributed by atoms with E-state index in [2.05, 4.69) is 16.9 Å². The van der Waals surface area contributed by atoms with Crippen LogP contribution in [0.15, 0.2) is 21.3 Å². The Kier molecular flexibility index (Phi) is 5.98. The first-order valence-electron chi connectivity index (χ1n) is 6.03. The second-order valence-electron chi connectivity index (χ2n) is 4.15. The number of nitrogens with zero attached hydrogens (tertiary/aromatic N) is 2. The average molecular weight is 206 g/mol. The summed E-state index contributed by atoms with van der Waals surface area (Å²) in [5.41, 5.74) is 2.72. The van der Waals surface area contributed by atoms with Gasteiger partial charge in [0.2, 0.25) is 0 Å². The maximum Gasteiger partial charge on any atom is 0.115 e. The molecular formula is C13H22N2. The van der Waals surface area contributed by atoms with Crippen LogP contribution in [0.2, 0.25) is 0 Å². The van der Waals surface area contributed by atoms with E-state index in [1.165, 1.54) is 49.8 Å². The molecule has 0 bridgehead atoms. The molecule has 1 aliphatic carbocycles. The molecule has 0 aliphatic heterocycles. The number of hydrogen-bond acceptors (Lipinski definition) is 1. The number of allylic oxidation sites excluding steroid dienone is 2. The van der Waals surface area contributed by atoms with Gasteiger partial charge in [-0.25, -0.2) is 9.98 Å². The second-order valence-corrected chi connectivity index (χ2v) is 4.15. The van der Waals surface area contributed by atoms with Crippen LogP contribution in [0.5, 0.6) is 0 Å². The van der Waals surface area contributed by atoms with Gasteiger partial charge in [0.25, 0.3) is 0 Å². The smallest absolute Gasteiger partial charge is 0.115 e. The van der Waals surface area contributed by atoms with Gasteiger partial charge >= 0.3 is 0 Å². The molecular weight excluding hydrogens is 184 g/mol. The third-order valence-electron chi connectivity index (χ3n) is 2.89. The summed E-state index contributed by atoms with van der Waals surface area (Å²) < 4.78 is 0. The van der Waals surface area contributed by atoms with E-state index in [4.69, 9.17) is 0 Å². The molecule has 0 saturated carbocycles. The predicted molar refractivity (Wildman–Crippen MR) is 67.7 cm³/mol. The minimum atomic E-state index is 1.13. The van der Waals surface area contributed by atoms with Gasteiger partial charge in [-0.05, 0) is 39.5 Å². The zero-order valence-electron chi connectivity index (χ0n) is 10.00. The van der Waals surface area contributed by atoms with E-state index < -0.39 is 0 Å². The van der Waals surface area contributed by atoms with Crippen molar-refractivity contribution in [3.8, 4) is 0 Å². The molecule has 2 heteroatoms. The molecule has 0 aromatic carbocycles. The summed E-state index contributed by atoms with van der Waals surface area (Å²) in [6, 6.07) is 0. The maximum absolute atomic E-state index is 4.45. The lowest BCUT2D eigenvalue weighted by Crippen LogP contribution is -1.87. The molecule has 0 heterocycles. The van der Waals surface area contributed by atoms with Crippen molar-refractivity contribution >= 4 is 12.6 Å². The molecule has 0 aromatic heterocycles. The van der Waals surface area contributed by atoms with E-state index in [-0.39, 0.29) is 0 Å². The highest BCUT2D eigenvalue weighted by atomic mass is 14.9. The molecule has 0 N–H and O–H groups in total. The van der Waals surface area contributed by atoms with E-state index in [0.29, 0.717) is 0 Å². The first kappa shape index (κ1) is 12.2. The van der Waals surface area contributed by atoms with Crippen molar-refractivity contribution in [1.29, 1.82) is 0 Å². The Bertz CT molecular complexity index is 262. The van der Waals surface area contributed by atoms with E-state index in [1.807, 2.05) is 6.92 Å². The van der Waals surface area contributed by atoms with Crippen LogP contribution in [0.3, 0.4) is 0 Å². The van der Waals surface area contributed by atoms with Crippen LogP contribution in [0.4, 0.5) is 0 Å². The largest absolute Gasteiger partial charge is 0.250 e. The topological polar surface area (TPSA) is 24.7 Å². The van der Waals surface area contributed by atoms with Gasteiger partial charge in [-0.3, -0.25) is 0 Å². The molecule has 1 rings (SSSR count). The summed E-state index contributed by atoms with van der Waals surface area (Å²) in [7, 11) is 0. The summed E-state index contributed by atoms with van der Waals surface area (Å²) in [4.78, 5) is 8.48. The molecule has 0 amide bonds. The fourth-order valence-corrected chi connectivity index (χ4v) is 1.92. The zero-order valence-corrected chi connectivity index (χ0v) is 10.00. The van der Waals surface area contributed by atoms with Gasteiger partial charge < -0.3 is 0 Å². The SMILES string of the molecule is C\C=N/C=N\C1=C(/C)CCCCCCC1. The summed E-state index contributed by atoms with van der Waals surface area (Å²) in [6.45, 7) is 4.13. The predicted octanol–water partition coefficient (Wildman–Crippen LogP) is 4.12. The maximum atomic E-state index is 4.45. The Hall–Kier alpha value is -0.920. The summed E-state index contributed by atoms with van der Waals surface area (Å²) in [5.74, 6) is 0. The molecule has 15 heavy (non-hydrogen) atoms. The van der Waals surface area contributed by atoms with Gasteiger partial charge in [0.15, 0.2) is 0 Å². The molecule has 0 unspecified atom stereocenters. The van der Waals surface area contributed by atoms with Crippen molar-refractivity contribution in [1.82, 2.24) is 0 Å². The van der Waals surface area contributed by atoms with Gasteiger partial charge in [-0.15, -0.1) is 0 Å².